The fourth-order valence-electron chi connectivity index (χ4n) is 5.38. The van der Waals surface area contributed by atoms with Crippen molar-refractivity contribution in [2.75, 3.05) is 31.8 Å². The number of hydrogen-bond acceptors (Lipinski definition) is 8. The minimum atomic E-state index is -0.356. The second-order valence-electron chi connectivity index (χ2n) is 9.08. The molecular formula is C25H26N4O4. The molecule has 1 aromatic heterocycles. The average molecular weight is 447 g/mol. The van der Waals surface area contributed by atoms with Gasteiger partial charge in [-0.2, -0.15) is 0 Å². The SMILES string of the molecule is COC(=O)C1CC12CC=C(c1ccc(N3CCOc4ncnc5c4C3OCC=N5)cc1)CC2. The molecule has 0 amide bonds. The van der Waals surface area contributed by atoms with Crippen LogP contribution in [0.1, 0.15) is 43.0 Å². The Morgan fingerprint density at radius 1 is 1.24 bits per heavy atom. The Kier molecular flexibility index (Phi) is 4.90. The van der Waals surface area contributed by atoms with Gasteiger partial charge in [0, 0.05) is 11.9 Å². The van der Waals surface area contributed by atoms with Crippen LogP contribution in [-0.4, -0.2) is 49.0 Å². The molecule has 1 fully saturated rings. The fraction of sp³-hybridized carbons (Fsp3) is 0.440. The minimum Gasteiger partial charge on any atom is -0.475 e. The van der Waals surface area contributed by atoms with E-state index in [2.05, 4.69) is 50.2 Å². The Hall–Kier alpha value is -3.26. The lowest BCUT2D eigenvalue weighted by molar-refractivity contribution is -0.143. The van der Waals surface area contributed by atoms with Gasteiger partial charge in [0.25, 0.3) is 0 Å². The number of aliphatic imine (C=N–C) groups is 1. The molecule has 170 valence electrons. The molecule has 3 unspecified atom stereocenters. The van der Waals surface area contributed by atoms with Crippen LogP contribution in [0.3, 0.4) is 0 Å². The minimum absolute atomic E-state index is 0.0566. The predicted octanol–water partition coefficient (Wildman–Crippen LogP) is 3.85. The lowest BCUT2D eigenvalue weighted by atomic mass is 9.83. The van der Waals surface area contributed by atoms with E-state index in [0.717, 1.165) is 36.9 Å². The average Bonchev–Trinajstić information content (AvgIpc) is 3.62. The summed E-state index contributed by atoms with van der Waals surface area (Å²) in [6.07, 6.45) is 9.10. The molecule has 0 N–H and O–H groups in total. The van der Waals surface area contributed by atoms with Crippen LogP contribution in [0.5, 0.6) is 5.88 Å². The van der Waals surface area contributed by atoms with E-state index in [9.17, 15) is 4.79 Å². The third-order valence-corrected chi connectivity index (χ3v) is 7.36. The van der Waals surface area contributed by atoms with Crippen molar-refractivity contribution in [3.63, 3.8) is 0 Å². The van der Waals surface area contributed by atoms with Crippen LogP contribution in [0.15, 0.2) is 41.7 Å². The maximum atomic E-state index is 11.9. The van der Waals surface area contributed by atoms with E-state index in [0.29, 0.717) is 31.5 Å². The molecular weight excluding hydrogens is 420 g/mol. The number of rotatable bonds is 3. The van der Waals surface area contributed by atoms with Crippen LogP contribution in [0, 0.1) is 11.3 Å². The first-order valence-electron chi connectivity index (χ1n) is 11.4. The molecule has 33 heavy (non-hydrogen) atoms. The summed E-state index contributed by atoms with van der Waals surface area (Å²) in [4.78, 5) is 27.1. The molecule has 3 atom stereocenters. The Labute approximate surface area is 192 Å². The summed E-state index contributed by atoms with van der Waals surface area (Å²) in [5.74, 6) is 1.15. The standard InChI is InChI=1S/C25H26N4O4/c1-31-24(30)19-14-25(19)8-6-17(7-9-25)16-2-4-18(5-3-16)29-11-13-32-22-20-21(27-15-28-22)26-10-12-33-23(20)29/h2-6,10,15,19,23H,7-9,11-14H2,1H3. The Bertz CT molecular complexity index is 1150. The normalized spacial score (nSPS) is 27.7. The van der Waals surface area contributed by atoms with Crippen molar-refractivity contribution in [1.82, 2.24) is 9.97 Å². The Morgan fingerprint density at radius 2 is 2.12 bits per heavy atom. The van der Waals surface area contributed by atoms with Crippen molar-refractivity contribution < 1.29 is 19.0 Å². The van der Waals surface area contributed by atoms with E-state index in [1.54, 1.807) is 6.21 Å². The van der Waals surface area contributed by atoms with Gasteiger partial charge >= 0.3 is 5.97 Å². The molecule has 3 heterocycles. The number of aromatic nitrogens is 2. The van der Waals surface area contributed by atoms with Gasteiger partial charge in [-0.05, 0) is 54.4 Å². The first-order chi connectivity index (χ1) is 16.2. The third-order valence-electron chi connectivity index (χ3n) is 7.36. The molecule has 1 aromatic carbocycles. The molecule has 1 spiro atoms. The summed E-state index contributed by atoms with van der Waals surface area (Å²) in [5.41, 5.74) is 4.54. The zero-order valence-electron chi connectivity index (χ0n) is 18.6. The first kappa shape index (κ1) is 20.4. The largest absolute Gasteiger partial charge is 0.475 e. The summed E-state index contributed by atoms with van der Waals surface area (Å²) in [6.45, 7) is 1.57. The highest BCUT2D eigenvalue weighted by Gasteiger charge is 2.58. The molecule has 0 saturated heterocycles. The van der Waals surface area contributed by atoms with Crippen molar-refractivity contribution in [3.8, 4) is 5.88 Å². The van der Waals surface area contributed by atoms with Gasteiger partial charge in [-0.15, -0.1) is 0 Å². The number of esters is 1. The van der Waals surface area contributed by atoms with E-state index in [1.807, 2.05) is 0 Å². The van der Waals surface area contributed by atoms with Gasteiger partial charge in [0.05, 0.1) is 26.2 Å². The van der Waals surface area contributed by atoms with E-state index >= 15 is 0 Å². The molecule has 2 aliphatic carbocycles. The number of methoxy groups -OCH3 is 1. The number of ether oxygens (including phenoxy) is 3. The highest BCUT2D eigenvalue weighted by atomic mass is 16.5. The highest BCUT2D eigenvalue weighted by Crippen LogP contribution is 2.61. The molecule has 0 radical (unpaired) electrons. The van der Waals surface area contributed by atoms with E-state index < -0.39 is 0 Å². The van der Waals surface area contributed by atoms with E-state index in [1.165, 1.54) is 24.6 Å². The predicted molar refractivity (Wildman–Crippen MR) is 123 cm³/mol. The van der Waals surface area contributed by atoms with Crippen LogP contribution >= 0.6 is 0 Å². The second-order valence-corrected chi connectivity index (χ2v) is 9.08. The Balaban J connectivity index is 1.23. The number of benzene rings is 1. The van der Waals surface area contributed by atoms with Crippen molar-refractivity contribution in [1.29, 1.82) is 0 Å². The van der Waals surface area contributed by atoms with Crippen LogP contribution in [0.4, 0.5) is 11.5 Å². The molecule has 4 aliphatic rings. The summed E-state index contributed by atoms with van der Waals surface area (Å²) >= 11 is 0. The summed E-state index contributed by atoms with van der Waals surface area (Å²) in [6, 6.07) is 8.62. The lowest BCUT2D eigenvalue weighted by Crippen LogP contribution is -2.32. The van der Waals surface area contributed by atoms with Gasteiger partial charge in [-0.25, -0.2) is 15.0 Å². The van der Waals surface area contributed by atoms with Gasteiger partial charge in [0.2, 0.25) is 5.88 Å². The van der Waals surface area contributed by atoms with Crippen molar-refractivity contribution >= 4 is 29.3 Å². The molecule has 0 bridgehead atoms. The summed E-state index contributed by atoms with van der Waals surface area (Å²) in [7, 11) is 1.48. The molecule has 8 heteroatoms. The van der Waals surface area contributed by atoms with Gasteiger partial charge in [-0.3, -0.25) is 4.79 Å². The van der Waals surface area contributed by atoms with Gasteiger partial charge < -0.3 is 19.1 Å². The maximum absolute atomic E-state index is 11.9. The molecule has 2 aliphatic heterocycles. The maximum Gasteiger partial charge on any atom is 0.309 e. The zero-order chi connectivity index (χ0) is 22.4. The van der Waals surface area contributed by atoms with Crippen LogP contribution in [0.25, 0.3) is 5.57 Å². The van der Waals surface area contributed by atoms with Crippen LogP contribution in [-0.2, 0) is 14.3 Å². The zero-order valence-corrected chi connectivity index (χ0v) is 18.6. The van der Waals surface area contributed by atoms with E-state index in [-0.39, 0.29) is 23.5 Å². The smallest absolute Gasteiger partial charge is 0.309 e. The molecule has 6 rings (SSSR count). The number of carbonyl (C=O) groups excluding carboxylic acids is 1. The number of hydrogen-bond donors (Lipinski definition) is 0. The quantitative estimate of drug-likeness (QED) is 0.662. The second kappa shape index (κ2) is 7.95. The Morgan fingerprint density at radius 3 is 2.91 bits per heavy atom. The first-order valence-corrected chi connectivity index (χ1v) is 11.4. The summed E-state index contributed by atoms with van der Waals surface area (Å²) in [5, 5.41) is 0. The summed E-state index contributed by atoms with van der Waals surface area (Å²) < 4.78 is 17.0. The van der Waals surface area contributed by atoms with Gasteiger partial charge in [-0.1, -0.05) is 18.2 Å². The molecule has 8 nitrogen and oxygen atoms in total. The number of carbonyl (C=O) groups is 1. The van der Waals surface area contributed by atoms with Crippen molar-refractivity contribution in [2.45, 2.75) is 31.9 Å². The monoisotopic (exact) mass is 446 g/mol. The van der Waals surface area contributed by atoms with Crippen LogP contribution in [0.2, 0.25) is 0 Å². The van der Waals surface area contributed by atoms with Crippen molar-refractivity contribution in [3.05, 3.63) is 47.8 Å². The number of anilines is 1. The van der Waals surface area contributed by atoms with Gasteiger partial charge in [0.15, 0.2) is 12.0 Å². The van der Waals surface area contributed by atoms with Crippen LogP contribution < -0.4 is 9.64 Å². The van der Waals surface area contributed by atoms with Gasteiger partial charge in [0.1, 0.15) is 18.5 Å². The van der Waals surface area contributed by atoms with Crippen molar-refractivity contribution in [2.24, 2.45) is 16.3 Å². The fourth-order valence-corrected chi connectivity index (χ4v) is 5.38. The number of allylic oxidation sites excluding steroid dienone is 2. The van der Waals surface area contributed by atoms with E-state index in [4.69, 9.17) is 14.2 Å². The third kappa shape index (κ3) is 3.49. The molecule has 1 saturated carbocycles. The highest BCUT2D eigenvalue weighted by molar-refractivity contribution is 5.78. The molecule has 2 aromatic rings. The topological polar surface area (TPSA) is 86.1 Å². The number of nitrogens with zero attached hydrogens (tertiary/aromatic N) is 4. The lowest BCUT2D eigenvalue weighted by Gasteiger charge is -2.31.